The molecule has 2 heterocycles. The first-order valence-corrected chi connectivity index (χ1v) is 4.72. The second-order valence-electron chi connectivity index (χ2n) is 3.22. The lowest BCUT2D eigenvalue weighted by Crippen LogP contribution is -2.15. The molecule has 0 saturated carbocycles. The van der Waals surface area contributed by atoms with Crippen molar-refractivity contribution in [3.8, 4) is 6.07 Å². The van der Waals surface area contributed by atoms with E-state index in [0.717, 1.165) is 0 Å². The summed E-state index contributed by atoms with van der Waals surface area (Å²) >= 11 is 0. The fourth-order valence-electron chi connectivity index (χ4n) is 1.25. The van der Waals surface area contributed by atoms with Gasteiger partial charge in [-0.25, -0.2) is 4.98 Å². The average molecular weight is 228 g/mol. The van der Waals surface area contributed by atoms with Crippen LogP contribution in [0.3, 0.4) is 0 Å². The molecule has 0 atom stereocenters. The third-order valence-corrected chi connectivity index (χ3v) is 1.98. The van der Waals surface area contributed by atoms with Gasteiger partial charge in [0.25, 0.3) is 5.91 Å². The van der Waals surface area contributed by atoms with Crippen LogP contribution in [-0.2, 0) is 7.05 Å². The first-order chi connectivity index (χ1) is 8.20. The molecule has 0 unspecified atom stereocenters. The van der Waals surface area contributed by atoms with Crippen molar-refractivity contribution in [2.75, 3.05) is 5.32 Å². The Bertz CT molecular complexity index is 583. The predicted molar refractivity (Wildman–Crippen MR) is 57.9 cm³/mol. The van der Waals surface area contributed by atoms with Gasteiger partial charge in [-0.15, -0.1) is 0 Å². The van der Waals surface area contributed by atoms with Crippen LogP contribution in [0, 0.1) is 11.3 Å². The van der Waals surface area contributed by atoms with Crippen LogP contribution < -0.4 is 5.32 Å². The van der Waals surface area contributed by atoms with E-state index in [0.29, 0.717) is 5.56 Å². The first kappa shape index (κ1) is 10.8. The molecule has 0 aliphatic rings. The summed E-state index contributed by atoms with van der Waals surface area (Å²) in [6.45, 7) is 0. The predicted octanol–water partition coefficient (Wildman–Crippen LogP) is 0.334. The van der Waals surface area contributed by atoms with E-state index in [9.17, 15) is 4.79 Å². The highest BCUT2D eigenvalue weighted by Crippen LogP contribution is 2.11. The Balaban J connectivity index is 2.22. The van der Waals surface area contributed by atoms with E-state index >= 15 is 0 Å². The van der Waals surface area contributed by atoms with Gasteiger partial charge in [0.1, 0.15) is 17.3 Å². The summed E-state index contributed by atoms with van der Waals surface area (Å²) in [7, 11) is 1.67. The van der Waals surface area contributed by atoms with Crippen molar-refractivity contribution in [3.05, 3.63) is 36.0 Å². The molecular weight excluding hydrogens is 220 g/mol. The van der Waals surface area contributed by atoms with E-state index in [1.165, 1.54) is 29.5 Å². The van der Waals surface area contributed by atoms with Gasteiger partial charge in [-0.2, -0.15) is 10.4 Å². The lowest BCUT2D eigenvalue weighted by molar-refractivity contribution is 0.102. The molecule has 7 nitrogen and oxygen atoms in total. The Morgan fingerprint density at radius 3 is 3.00 bits per heavy atom. The molecule has 0 aliphatic carbocycles. The quantitative estimate of drug-likeness (QED) is 0.799. The summed E-state index contributed by atoms with van der Waals surface area (Å²) in [6.07, 6.45) is 5.74. The average Bonchev–Trinajstić information content (AvgIpc) is 2.70. The third kappa shape index (κ3) is 2.26. The summed E-state index contributed by atoms with van der Waals surface area (Å²) in [5, 5.41) is 15.3. The Hall–Kier alpha value is -2.75. The number of nitrogens with one attached hydrogen (secondary N) is 1. The molecule has 1 amide bonds. The number of nitriles is 1. The van der Waals surface area contributed by atoms with Crippen molar-refractivity contribution in [2.24, 2.45) is 7.05 Å². The van der Waals surface area contributed by atoms with Gasteiger partial charge < -0.3 is 5.32 Å². The summed E-state index contributed by atoms with van der Waals surface area (Å²) in [5.41, 5.74) is 0.465. The standard InChI is InChI=1S/C10H8N6O/c1-16-6-7(4-11)9(15-16)14-10(17)8-5-12-2-3-13-8/h2-3,5-6H,1H3,(H,14,15,17). The Labute approximate surface area is 96.7 Å². The van der Waals surface area contributed by atoms with Gasteiger partial charge in [-0.05, 0) is 0 Å². The zero-order valence-corrected chi connectivity index (χ0v) is 8.95. The number of nitrogens with zero attached hydrogens (tertiary/aromatic N) is 5. The monoisotopic (exact) mass is 228 g/mol. The van der Waals surface area contributed by atoms with Crippen LogP contribution in [0.15, 0.2) is 24.8 Å². The van der Waals surface area contributed by atoms with Gasteiger partial charge >= 0.3 is 0 Å². The summed E-state index contributed by atoms with van der Waals surface area (Å²) < 4.78 is 1.45. The van der Waals surface area contributed by atoms with Gasteiger partial charge in [0, 0.05) is 25.6 Å². The van der Waals surface area contributed by atoms with E-state index in [4.69, 9.17) is 5.26 Å². The normalized spacial score (nSPS) is 9.65. The molecule has 2 aromatic heterocycles. The molecule has 0 fully saturated rings. The van der Waals surface area contributed by atoms with Crippen molar-refractivity contribution in [3.63, 3.8) is 0 Å². The molecule has 84 valence electrons. The van der Waals surface area contributed by atoms with E-state index in [1.54, 1.807) is 7.05 Å². The number of carbonyl (C=O) groups is 1. The molecule has 0 saturated heterocycles. The number of anilines is 1. The van der Waals surface area contributed by atoms with E-state index < -0.39 is 5.91 Å². The van der Waals surface area contributed by atoms with Crippen molar-refractivity contribution in [1.29, 1.82) is 5.26 Å². The van der Waals surface area contributed by atoms with Gasteiger partial charge in [-0.3, -0.25) is 14.5 Å². The van der Waals surface area contributed by atoms with Crippen molar-refractivity contribution >= 4 is 11.7 Å². The molecule has 0 aliphatic heterocycles. The minimum Gasteiger partial charge on any atom is -0.303 e. The van der Waals surface area contributed by atoms with Crippen LogP contribution in [0.25, 0.3) is 0 Å². The maximum absolute atomic E-state index is 11.7. The third-order valence-electron chi connectivity index (χ3n) is 1.98. The number of aromatic nitrogens is 4. The maximum atomic E-state index is 11.7. The van der Waals surface area contributed by atoms with Crippen LogP contribution in [0.4, 0.5) is 5.82 Å². The molecule has 2 rings (SSSR count). The Kier molecular flexibility index (Phi) is 2.79. The van der Waals surface area contributed by atoms with Crippen LogP contribution in [0.2, 0.25) is 0 Å². The minimum atomic E-state index is -0.451. The fourth-order valence-corrected chi connectivity index (χ4v) is 1.25. The van der Waals surface area contributed by atoms with Crippen LogP contribution in [0.1, 0.15) is 16.1 Å². The molecule has 0 bridgehead atoms. The molecule has 1 N–H and O–H groups in total. The smallest absolute Gasteiger partial charge is 0.277 e. The van der Waals surface area contributed by atoms with Crippen LogP contribution >= 0.6 is 0 Å². The highest BCUT2D eigenvalue weighted by molar-refractivity contribution is 6.02. The molecule has 0 spiro atoms. The van der Waals surface area contributed by atoms with Gasteiger partial charge in [0.15, 0.2) is 5.82 Å². The molecular formula is C10H8N6O. The number of aryl methyl sites for hydroxylation is 1. The van der Waals surface area contributed by atoms with Gasteiger partial charge in [-0.1, -0.05) is 0 Å². The second-order valence-corrected chi connectivity index (χ2v) is 3.22. The molecule has 17 heavy (non-hydrogen) atoms. The van der Waals surface area contributed by atoms with Crippen molar-refractivity contribution in [1.82, 2.24) is 19.7 Å². The number of carbonyl (C=O) groups excluding carboxylic acids is 1. The second kappa shape index (κ2) is 4.40. The Morgan fingerprint density at radius 1 is 1.53 bits per heavy atom. The van der Waals surface area contributed by atoms with Crippen molar-refractivity contribution < 1.29 is 4.79 Å². The number of amides is 1. The zero-order valence-electron chi connectivity index (χ0n) is 8.95. The summed E-state index contributed by atoms with van der Waals surface area (Å²) in [4.78, 5) is 19.3. The van der Waals surface area contributed by atoms with E-state index in [2.05, 4.69) is 20.4 Å². The number of rotatable bonds is 2. The highest BCUT2D eigenvalue weighted by Gasteiger charge is 2.13. The van der Waals surface area contributed by atoms with Crippen LogP contribution in [0.5, 0.6) is 0 Å². The van der Waals surface area contributed by atoms with Gasteiger partial charge in [0.05, 0.1) is 6.20 Å². The Morgan fingerprint density at radius 2 is 2.35 bits per heavy atom. The van der Waals surface area contributed by atoms with E-state index in [-0.39, 0.29) is 11.5 Å². The SMILES string of the molecule is Cn1cc(C#N)c(NC(=O)c2cnccn2)n1. The lowest BCUT2D eigenvalue weighted by Gasteiger charge is -2.00. The molecule has 0 radical (unpaired) electrons. The first-order valence-electron chi connectivity index (χ1n) is 4.72. The number of hydrogen-bond donors (Lipinski definition) is 1. The molecule has 2 aromatic rings. The number of hydrogen-bond acceptors (Lipinski definition) is 5. The summed E-state index contributed by atoms with van der Waals surface area (Å²) in [5.74, 6) is -0.237. The molecule has 7 heteroatoms. The topological polar surface area (TPSA) is 96.5 Å². The fraction of sp³-hybridized carbons (Fsp3) is 0.100. The largest absolute Gasteiger partial charge is 0.303 e. The summed E-state index contributed by atoms with van der Waals surface area (Å²) in [6, 6.07) is 1.94. The molecule has 0 aromatic carbocycles. The minimum absolute atomic E-state index is 0.169. The van der Waals surface area contributed by atoms with Gasteiger partial charge in [0.2, 0.25) is 0 Å². The van der Waals surface area contributed by atoms with Crippen LogP contribution in [-0.4, -0.2) is 25.7 Å². The van der Waals surface area contributed by atoms with Crippen molar-refractivity contribution in [2.45, 2.75) is 0 Å². The lowest BCUT2D eigenvalue weighted by atomic mass is 10.3. The van der Waals surface area contributed by atoms with E-state index in [1.807, 2.05) is 6.07 Å². The maximum Gasteiger partial charge on any atom is 0.277 e. The zero-order chi connectivity index (χ0) is 12.3. The highest BCUT2D eigenvalue weighted by atomic mass is 16.2.